The van der Waals surface area contributed by atoms with Crippen molar-refractivity contribution in [2.75, 3.05) is 13.7 Å². The lowest BCUT2D eigenvalue weighted by Gasteiger charge is -2.30. The second-order valence-corrected chi connectivity index (χ2v) is 7.83. The summed E-state index contributed by atoms with van der Waals surface area (Å²) < 4.78 is 16.8. The maximum Gasteiger partial charge on any atom is 0.343 e. The van der Waals surface area contributed by atoms with E-state index in [4.69, 9.17) is 26.4 Å². The van der Waals surface area contributed by atoms with Gasteiger partial charge in [0.1, 0.15) is 0 Å². The van der Waals surface area contributed by atoms with Gasteiger partial charge in [-0.1, -0.05) is 34.1 Å². The van der Waals surface area contributed by atoms with E-state index in [2.05, 4.69) is 26.6 Å². The number of hydrogen-bond donors (Lipinski definition) is 2. The minimum Gasteiger partial charge on any atom is -0.493 e. The average Bonchev–Trinajstić information content (AvgIpc) is 2.74. The van der Waals surface area contributed by atoms with Gasteiger partial charge in [-0.25, -0.2) is 9.59 Å². The molecule has 7 nitrogen and oxygen atoms in total. The number of carbonyl (C=O) groups excluding carboxylic acids is 2. The second-order valence-electron chi connectivity index (χ2n) is 6.57. The number of benzene rings is 2. The molecule has 0 aromatic heterocycles. The number of methoxy groups -OCH3 is 1. The number of rotatable bonds is 6. The van der Waals surface area contributed by atoms with E-state index in [9.17, 15) is 9.59 Å². The molecule has 0 saturated heterocycles. The zero-order valence-electron chi connectivity index (χ0n) is 17.2. The Hall–Kier alpha value is -2.91. The minimum absolute atomic E-state index is 0.238. The standard InChI is InChI=1S/C22H21BrN2O5S/c1-4-29-21(27)18-12(2)24-22(31)25-19(18)14-10-16(28-3)17(11-15(14)23)30-20(26)13-8-6-5-7-9-13/h5-11,19H,4H2,1-3H3,(H2,24,25,31)/t19-/m0/s1. The van der Waals surface area contributed by atoms with Crippen molar-refractivity contribution in [2.45, 2.75) is 19.9 Å². The quantitative estimate of drug-likeness (QED) is 0.346. The van der Waals surface area contributed by atoms with E-state index in [0.29, 0.717) is 37.7 Å². The number of ether oxygens (including phenoxy) is 3. The molecule has 1 heterocycles. The fourth-order valence-electron chi connectivity index (χ4n) is 3.15. The highest BCUT2D eigenvalue weighted by Crippen LogP contribution is 2.40. The van der Waals surface area contributed by atoms with Gasteiger partial charge in [-0.3, -0.25) is 0 Å². The molecule has 0 unspecified atom stereocenters. The van der Waals surface area contributed by atoms with Crippen molar-refractivity contribution < 1.29 is 23.8 Å². The van der Waals surface area contributed by atoms with Crippen LogP contribution in [0, 0.1) is 0 Å². The van der Waals surface area contributed by atoms with Crippen LogP contribution < -0.4 is 20.1 Å². The minimum atomic E-state index is -0.588. The van der Waals surface area contributed by atoms with Crippen LogP contribution >= 0.6 is 28.1 Å². The highest BCUT2D eigenvalue weighted by atomic mass is 79.9. The second kappa shape index (κ2) is 9.93. The molecule has 0 bridgehead atoms. The lowest BCUT2D eigenvalue weighted by atomic mass is 9.95. The molecule has 0 aliphatic carbocycles. The molecular weight excluding hydrogens is 484 g/mol. The monoisotopic (exact) mass is 504 g/mol. The third-order valence-electron chi connectivity index (χ3n) is 4.57. The number of thiocarbonyl (C=S) groups is 1. The lowest BCUT2D eigenvalue weighted by molar-refractivity contribution is -0.139. The zero-order chi connectivity index (χ0) is 22.5. The smallest absolute Gasteiger partial charge is 0.343 e. The molecule has 0 amide bonds. The van der Waals surface area contributed by atoms with Crippen molar-refractivity contribution in [1.29, 1.82) is 0 Å². The zero-order valence-corrected chi connectivity index (χ0v) is 19.6. The molecule has 162 valence electrons. The molecule has 2 aromatic carbocycles. The number of esters is 2. The Bertz CT molecular complexity index is 1060. The number of hydrogen-bond acceptors (Lipinski definition) is 6. The summed E-state index contributed by atoms with van der Waals surface area (Å²) in [4.78, 5) is 25.1. The fourth-order valence-corrected chi connectivity index (χ4v) is 3.97. The van der Waals surface area contributed by atoms with E-state index in [1.807, 2.05) is 6.07 Å². The number of nitrogens with one attached hydrogen (secondary N) is 2. The van der Waals surface area contributed by atoms with Gasteiger partial charge < -0.3 is 24.8 Å². The highest BCUT2D eigenvalue weighted by Gasteiger charge is 2.33. The molecule has 0 fully saturated rings. The van der Waals surface area contributed by atoms with E-state index in [1.165, 1.54) is 7.11 Å². The predicted octanol–water partition coefficient (Wildman–Crippen LogP) is 4.03. The number of carbonyl (C=O) groups is 2. The summed E-state index contributed by atoms with van der Waals surface area (Å²) in [6, 6.07) is 11.4. The molecular formula is C22H21BrN2O5S. The maximum absolute atomic E-state index is 12.6. The normalized spacial score (nSPS) is 15.6. The summed E-state index contributed by atoms with van der Waals surface area (Å²) in [5, 5.41) is 6.43. The Morgan fingerprint density at radius 1 is 1.13 bits per heavy atom. The molecule has 9 heteroatoms. The van der Waals surface area contributed by atoms with Gasteiger partial charge in [0.05, 0.1) is 30.9 Å². The van der Waals surface area contributed by atoms with Gasteiger partial charge in [0.15, 0.2) is 16.6 Å². The van der Waals surface area contributed by atoms with Gasteiger partial charge in [-0.15, -0.1) is 0 Å². The molecule has 2 N–H and O–H groups in total. The molecule has 0 radical (unpaired) electrons. The summed E-state index contributed by atoms with van der Waals surface area (Å²) >= 11 is 8.80. The maximum atomic E-state index is 12.6. The first-order valence-corrected chi connectivity index (χ1v) is 10.7. The van der Waals surface area contributed by atoms with Crippen LogP contribution in [0.2, 0.25) is 0 Å². The van der Waals surface area contributed by atoms with Gasteiger partial charge in [-0.2, -0.15) is 0 Å². The van der Waals surface area contributed by atoms with Crippen LogP contribution in [-0.2, 0) is 9.53 Å². The number of allylic oxidation sites excluding steroid dienone is 1. The highest BCUT2D eigenvalue weighted by molar-refractivity contribution is 9.10. The molecule has 3 rings (SSSR count). The van der Waals surface area contributed by atoms with Crippen LogP contribution in [0.1, 0.15) is 35.8 Å². The molecule has 0 spiro atoms. The van der Waals surface area contributed by atoms with Crippen molar-refractivity contribution in [3.63, 3.8) is 0 Å². The summed E-state index contributed by atoms with van der Waals surface area (Å²) in [7, 11) is 1.47. The van der Waals surface area contributed by atoms with Gasteiger partial charge in [0, 0.05) is 10.2 Å². The Morgan fingerprint density at radius 2 is 1.84 bits per heavy atom. The van der Waals surface area contributed by atoms with Crippen molar-refractivity contribution in [3.8, 4) is 11.5 Å². The third-order valence-corrected chi connectivity index (χ3v) is 5.48. The van der Waals surface area contributed by atoms with Crippen LogP contribution in [0.15, 0.2) is 58.2 Å². The SMILES string of the molecule is CCOC(=O)C1=C(C)NC(=S)N[C@H]1c1cc(OC)c(OC(=O)c2ccccc2)cc1Br. The van der Waals surface area contributed by atoms with E-state index < -0.39 is 18.0 Å². The van der Waals surface area contributed by atoms with Crippen molar-refractivity contribution >= 4 is 45.2 Å². The Morgan fingerprint density at radius 3 is 2.48 bits per heavy atom. The van der Waals surface area contributed by atoms with E-state index in [0.717, 1.165) is 0 Å². The van der Waals surface area contributed by atoms with Crippen LogP contribution in [-0.4, -0.2) is 30.8 Å². The first-order valence-electron chi connectivity index (χ1n) is 9.45. The van der Waals surface area contributed by atoms with Gasteiger partial charge in [0.25, 0.3) is 0 Å². The molecule has 1 aliphatic heterocycles. The van der Waals surface area contributed by atoms with Crippen molar-refractivity contribution in [3.05, 3.63) is 69.3 Å². The molecule has 31 heavy (non-hydrogen) atoms. The van der Waals surface area contributed by atoms with E-state index in [1.54, 1.807) is 50.2 Å². The average molecular weight is 505 g/mol. The molecule has 2 aromatic rings. The first-order chi connectivity index (χ1) is 14.8. The lowest BCUT2D eigenvalue weighted by Crippen LogP contribution is -2.45. The molecule has 0 saturated carbocycles. The fraction of sp³-hybridized carbons (Fsp3) is 0.227. The predicted molar refractivity (Wildman–Crippen MR) is 123 cm³/mol. The van der Waals surface area contributed by atoms with Crippen molar-refractivity contribution in [1.82, 2.24) is 10.6 Å². The largest absolute Gasteiger partial charge is 0.493 e. The third kappa shape index (κ3) is 5.05. The molecule has 1 aliphatic rings. The van der Waals surface area contributed by atoms with Crippen molar-refractivity contribution in [2.24, 2.45) is 0 Å². The van der Waals surface area contributed by atoms with Crippen LogP contribution in [0.25, 0.3) is 0 Å². The number of halogens is 1. The Balaban J connectivity index is 2.00. The van der Waals surface area contributed by atoms with Gasteiger partial charge >= 0.3 is 11.9 Å². The first kappa shape index (κ1) is 22.8. The summed E-state index contributed by atoms with van der Waals surface area (Å²) in [6.45, 7) is 3.74. The van der Waals surface area contributed by atoms with Crippen LogP contribution in [0.3, 0.4) is 0 Å². The van der Waals surface area contributed by atoms with E-state index >= 15 is 0 Å². The topological polar surface area (TPSA) is 85.9 Å². The molecule has 1 atom stereocenters. The van der Waals surface area contributed by atoms with Gasteiger partial charge in [0.2, 0.25) is 0 Å². The Labute approximate surface area is 193 Å². The Kier molecular flexibility index (Phi) is 7.29. The summed E-state index contributed by atoms with van der Waals surface area (Å²) in [5.74, 6) is -0.405. The van der Waals surface area contributed by atoms with Crippen LogP contribution in [0.5, 0.6) is 11.5 Å². The summed E-state index contributed by atoms with van der Waals surface area (Å²) in [5.41, 5.74) is 2.07. The summed E-state index contributed by atoms with van der Waals surface area (Å²) in [6.07, 6.45) is 0. The van der Waals surface area contributed by atoms with Crippen LogP contribution in [0.4, 0.5) is 0 Å². The van der Waals surface area contributed by atoms with Gasteiger partial charge in [-0.05, 0) is 55.9 Å². The van der Waals surface area contributed by atoms with E-state index in [-0.39, 0.29) is 12.4 Å².